The summed E-state index contributed by atoms with van der Waals surface area (Å²) < 4.78 is 7.24. The Hall–Kier alpha value is -0.750. The lowest BCUT2D eigenvalue weighted by molar-refractivity contribution is 0.135. The lowest BCUT2D eigenvalue weighted by Crippen LogP contribution is -2.07. The van der Waals surface area contributed by atoms with Crippen molar-refractivity contribution in [2.45, 2.75) is 13.5 Å². The molecule has 5 nitrogen and oxygen atoms in total. The van der Waals surface area contributed by atoms with E-state index < -0.39 is 0 Å². The highest BCUT2D eigenvalue weighted by molar-refractivity contribution is 7.71. The van der Waals surface area contributed by atoms with Crippen molar-refractivity contribution in [1.29, 1.82) is 0 Å². The first kappa shape index (κ1) is 8.35. The summed E-state index contributed by atoms with van der Waals surface area (Å²) in [5.41, 5.74) is 0. The monoisotopic (exact) mass is 174 g/mol. The summed E-state index contributed by atoms with van der Waals surface area (Å²) >= 11 is 4.84. The van der Waals surface area contributed by atoms with Crippen molar-refractivity contribution >= 4 is 12.2 Å². The molecule has 0 fully saturated rings. The minimum atomic E-state index is 0.463. The normalized spacial score (nSPS) is 10.3. The first-order valence-corrected chi connectivity index (χ1v) is 3.81. The molecule has 11 heavy (non-hydrogen) atoms. The van der Waals surface area contributed by atoms with Gasteiger partial charge in [-0.05, 0) is 19.1 Å². The molecule has 0 amide bonds. The molecule has 0 unspecified atom stereocenters. The largest absolute Gasteiger partial charge is 0.380 e. The molecule has 0 saturated carbocycles. The Bertz CT molecular complexity index is 255. The highest BCUT2D eigenvalue weighted by atomic mass is 32.1. The molecule has 6 heteroatoms. The Labute approximate surface area is 69.3 Å². The maximum Gasteiger partial charge on any atom is 0.238 e. The molecule has 0 radical (unpaired) electrons. The molecule has 1 rings (SSSR count). The van der Waals surface area contributed by atoms with Crippen LogP contribution in [0.15, 0.2) is 0 Å². The first-order chi connectivity index (χ1) is 5.34. The highest BCUT2D eigenvalue weighted by Crippen LogP contribution is 1.83. The summed E-state index contributed by atoms with van der Waals surface area (Å²) in [6.45, 7) is 3.98. The van der Waals surface area contributed by atoms with Crippen LogP contribution in [0, 0.1) is 4.77 Å². The molecular weight excluding hydrogens is 164 g/mol. The van der Waals surface area contributed by atoms with E-state index in [1.165, 1.54) is 0 Å². The van der Waals surface area contributed by atoms with Gasteiger partial charge in [-0.25, -0.2) is 4.68 Å². The van der Waals surface area contributed by atoms with Gasteiger partial charge in [0.1, 0.15) is 0 Å². The molecule has 62 valence electrons. The van der Waals surface area contributed by atoms with Crippen molar-refractivity contribution in [3.63, 3.8) is 0 Å². The van der Waals surface area contributed by atoms with Gasteiger partial charge < -0.3 is 4.74 Å². The van der Waals surface area contributed by atoms with Crippen LogP contribution in [0.2, 0.25) is 0 Å². The standard InChI is InChI=1S/C5H10N4OS/c1-2-10-4-3-9-5(11)6-7-8-9/h2-4H2,1H3,(H,6,8,11). The third kappa shape index (κ3) is 2.39. The van der Waals surface area contributed by atoms with Gasteiger partial charge in [-0.3, -0.25) is 0 Å². The predicted molar refractivity (Wildman–Crippen MR) is 41.7 cm³/mol. The van der Waals surface area contributed by atoms with Crippen molar-refractivity contribution in [2.75, 3.05) is 13.2 Å². The first-order valence-electron chi connectivity index (χ1n) is 3.40. The average Bonchev–Trinajstić information content (AvgIpc) is 2.37. The van der Waals surface area contributed by atoms with Gasteiger partial charge in [0.05, 0.1) is 13.2 Å². The van der Waals surface area contributed by atoms with E-state index >= 15 is 0 Å². The number of H-pyrrole nitrogens is 1. The summed E-state index contributed by atoms with van der Waals surface area (Å²) in [6, 6.07) is 0. The number of ether oxygens (including phenoxy) is 1. The van der Waals surface area contributed by atoms with Gasteiger partial charge in [-0.2, -0.15) is 5.21 Å². The lowest BCUT2D eigenvalue weighted by atomic mass is 10.7. The third-order valence-corrected chi connectivity index (χ3v) is 1.50. The zero-order chi connectivity index (χ0) is 8.10. The molecule has 1 aromatic heterocycles. The molecule has 0 bridgehead atoms. The fourth-order valence-corrected chi connectivity index (χ4v) is 0.835. The summed E-state index contributed by atoms with van der Waals surface area (Å²) in [5.74, 6) is 0. The summed E-state index contributed by atoms with van der Waals surface area (Å²) in [5, 5.41) is 9.78. The molecular formula is C5H10N4OS. The molecule has 0 aromatic carbocycles. The maximum absolute atomic E-state index is 5.12. The van der Waals surface area contributed by atoms with E-state index in [9.17, 15) is 0 Å². The van der Waals surface area contributed by atoms with Gasteiger partial charge in [0.2, 0.25) is 4.77 Å². The zero-order valence-electron chi connectivity index (χ0n) is 6.28. The Morgan fingerprint density at radius 1 is 1.73 bits per heavy atom. The summed E-state index contributed by atoms with van der Waals surface area (Å²) in [7, 11) is 0. The summed E-state index contributed by atoms with van der Waals surface area (Å²) in [6.07, 6.45) is 0. The van der Waals surface area contributed by atoms with E-state index in [4.69, 9.17) is 17.0 Å². The topological polar surface area (TPSA) is 55.7 Å². The minimum Gasteiger partial charge on any atom is -0.380 e. The van der Waals surface area contributed by atoms with E-state index in [2.05, 4.69) is 15.5 Å². The quantitative estimate of drug-likeness (QED) is 0.529. The minimum absolute atomic E-state index is 0.463. The second-order valence-electron chi connectivity index (χ2n) is 1.93. The number of rotatable bonds is 4. The van der Waals surface area contributed by atoms with Crippen LogP contribution >= 0.6 is 12.2 Å². The molecule has 0 spiro atoms. The molecule has 1 aromatic rings. The van der Waals surface area contributed by atoms with Gasteiger partial charge in [-0.15, -0.1) is 0 Å². The van der Waals surface area contributed by atoms with Crippen molar-refractivity contribution in [3.8, 4) is 0 Å². The molecule has 0 atom stereocenters. The smallest absolute Gasteiger partial charge is 0.238 e. The molecule has 0 aliphatic rings. The highest BCUT2D eigenvalue weighted by Gasteiger charge is 1.92. The Morgan fingerprint density at radius 2 is 2.55 bits per heavy atom. The Morgan fingerprint density at radius 3 is 3.09 bits per heavy atom. The molecule has 0 aliphatic carbocycles. The second kappa shape index (κ2) is 4.20. The number of aromatic nitrogens is 4. The second-order valence-corrected chi connectivity index (χ2v) is 2.30. The van der Waals surface area contributed by atoms with Crippen LogP contribution in [-0.4, -0.2) is 33.4 Å². The van der Waals surface area contributed by atoms with Crippen molar-refractivity contribution in [2.24, 2.45) is 0 Å². The van der Waals surface area contributed by atoms with Gasteiger partial charge >= 0.3 is 0 Å². The Kier molecular flexibility index (Phi) is 3.18. The van der Waals surface area contributed by atoms with Crippen molar-refractivity contribution < 1.29 is 4.74 Å². The number of tetrazole rings is 1. The van der Waals surface area contributed by atoms with E-state index in [-0.39, 0.29) is 0 Å². The van der Waals surface area contributed by atoms with E-state index in [1.54, 1.807) is 4.68 Å². The average molecular weight is 174 g/mol. The van der Waals surface area contributed by atoms with Gasteiger partial charge in [0.15, 0.2) is 0 Å². The van der Waals surface area contributed by atoms with Crippen LogP contribution in [0.4, 0.5) is 0 Å². The van der Waals surface area contributed by atoms with Crippen LogP contribution in [0.5, 0.6) is 0 Å². The lowest BCUT2D eigenvalue weighted by Gasteiger charge is -1.99. The third-order valence-electron chi connectivity index (χ3n) is 1.20. The van der Waals surface area contributed by atoms with Crippen LogP contribution in [0.25, 0.3) is 0 Å². The fourth-order valence-electron chi connectivity index (χ4n) is 0.662. The van der Waals surface area contributed by atoms with Crippen LogP contribution in [0.1, 0.15) is 6.92 Å². The van der Waals surface area contributed by atoms with E-state index in [0.29, 0.717) is 17.9 Å². The molecule has 0 aliphatic heterocycles. The van der Waals surface area contributed by atoms with Crippen molar-refractivity contribution in [3.05, 3.63) is 4.77 Å². The number of hydrogen-bond donors (Lipinski definition) is 1. The molecule has 1 N–H and O–H groups in total. The van der Waals surface area contributed by atoms with E-state index in [1.807, 2.05) is 6.92 Å². The zero-order valence-corrected chi connectivity index (χ0v) is 7.10. The van der Waals surface area contributed by atoms with Gasteiger partial charge in [0, 0.05) is 6.61 Å². The summed E-state index contributed by atoms with van der Waals surface area (Å²) in [4.78, 5) is 0. The van der Waals surface area contributed by atoms with Gasteiger partial charge in [-0.1, -0.05) is 10.3 Å². The fraction of sp³-hybridized carbons (Fsp3) is 0.800. The van der Waals surface area contributed by atoms with Gasteiger partial charge in [0.25, 0.3) is 0 Å². The molecule has 0 saturated heterocycles. The van der Waals surface area contributed by atoms with Crippen molar-refractivity contribution in [1.82, 2.24) is 20.2 Å². The van der Waals surface area contributed by atoms with E-state index in [0.717, 1.165) is 6.61 Å². The number of nitrogens with zero attached hydrogens (tertiary/aromatic N) is 3. The van der Waals surface area contributed by atoms with Crippen LogP contribution in [-0.2, 0) is 11.3 Å². The molecule has 1 heterocycles. The number of aromatic amines is 1. The maximum atomic E-state index is 5.12. The number of nitrogens with one attached hydrogen (secondary N) is 1. The van der Waals surface area contributed by atoms with Crippen LogP contribution < -0.4 is 0 Å². The van der Waals surface area contributed by atoms with Crippen LogP contribution in [0.3, 0.4) is 0 Å². The Balaban J connectivity index is 2.39. The SMILES string of the molecule is CCOCCn1[nH]nnc1=S. The number of hydrogen-bond acceptors (Lipinski definition) is 4. The predicted octanol–water partition coefficient (Wildman–Crippen LogP) is 0.372.